The monoisotopic (exact) mass is 201 g/mol. The van der Waals surface area contributed by atoms with E-state index in [0.29, 0.717) is 0 Å². The van der Waals surface area contributed by atoms with Crippen molar-refractivity contribution in [3.8, 4) is 0 Å². The van der Waals surface area contributed by atoms with Gasteiger partial charge in [0.1, 0.15) is 0 Å². The molecule has 41 valence electrons. The summed E-state index contributed by atoms with van der Waals surface area (Å²) in [5.74, 6) is 0. The van der Waals surface area contributed by atoms with E-state index in [1.165, 1.54) is 0 Å². The first kappa shape index (κ1) is 22.5. The van der Waals surface area contributed by atoms with Crippen LogP contribution >= 0.6 is 7.82 Å². The Morgan fingerprint density at radius 3 is 1.12 bits per heavy atom. The maximum absolute atomic E-state index is 8.55. The van der Waals surface area contributed by atoms with Crippen molar-refractivity contribution < 1.29 is 36.3 Å². The molecule has 0 amide bonds. The molecule has 0 N–H and O–H groups in total. The summed E-state index contributed by atoms with van der Waals surface area (Å²) < 4.78 is 8.55. The Balaban J connectivity index is -0.0000000267. The summed E-state index contributed by atoms with van der Waals surface area (Å²) in [6.45, 7) is 0. The van der Waals surface area contributed by atoms with Crippen molar-refractivity contribution in [2.24, 2.45) is 0 Å². The van der Waals surface area contributed by atoms with E-state index in [-0.39, 0.29) is 64.0 Å². The predicted molar refractivity (Wildman–Crippen MR) is 19.1 cm³/mol. The van der Waals surface area contributed by atoms with Crippen molar-refractivity contribution in [2.45, 2.75) is 0 Å². The summed E-state index contributed by atoms with van der Waals surface area (Å²) in [7, 11) is -5.39. The van der Waals surface area contributed by atoms with Gasteiger partial charge < -0.3 is 19.2 Å². The molecule has 0 heterocycles. The average molecular weight is 201 g/mol. The van der Waals surface area contributed by atoms with Crippen molar-refractivity contribution in [3.05, 3.63) is 0 Å². The van der Waals surface area contributed by atoms with Crippen LogP contribution in [0.4, 0.5) is 0 Å². The van der Waals surface area contributed by atoms with E-state index in [1.54, 1.807) is 0 Å². The topological polar surface area (TPSA) is 86.2 Å². The fourth-order valence-corrected chi connectivity index (χ4v) is 0. The molecule has 0 aromatic carbocycles. The van der Waals surface area contributed by atoms with E-state index in [2.05, 4.69) is 0 Å². The van der Waals surface area contributed by atoms with E-state index < -0.39 is 7.82 Å². The average Bonchev–Trinajstić information content (AvgIpc) is 0.722. The van der Waals surface area contributed by atoms with Gasteiger partial charge in [-0.1, -0.05) is 0 Å². The second kappa shape index (κ2) is 9.16. The minimum atomic E-state index is -5.39. The quantitative estimate of drug-likeness (QED) is 0.299. The van der Waals surface area contributed by atoms with Gasteiger partial charge in [0.2, 0.25) is 0 Å². The third kappa shape index (κ3) is 89.6. The van der Waals surface area contributed by atoms with Gasteiger partial charge in [0.05, 0.1) is 0 Å². The van der Waals surface area contributed by atoms with Crippen molar-refractivity contribution in [1.29, 1.82) is 0 Å². The molecular weight excluding hydrogens is 201 g/mol. The van der Waals surface area contributed by atoms with Crippen LogP contribution in [0.2, 0.25) is 0 Å². The van der Waals surface area contributed by atoms with E-state index in [0.717, 1.165) is 0 Å². The first-order valence-corrected chi connectivity index (χ1v) is 2.19. The first-order valence-electron chi connectivity index (χ1n) is 0.730. The fraction of sp³-hybridized carbons (Fsp3) is 0. The van der Waals surface area contributed by atoms with Gasteiger partial charge >= 0.3 is 17.1 Å². The van der Waals surface area contributed by atoms with Gasteiger partial charge in [0.25, 0.3) is 0 Å². The van der Waals surface area contributed by atoms with Crippen LogP contribution in [0.5, 0.6) is 0 Å². The molecule has 0 aromatic heterocycles. The maximum atomic E-state index is 8.55. The normalized spacial score (nSPS) is 7.38. The zero-order valence-electron chi connectivity index (χ0n) is 4.01. The molecule has 0 unspecified atom stereocenters. The molecule has 0 bridgehead atoms. The minimum absolute atomic E-state index is 0. The fourth-order valence-electron chi connectivity index (χ4n) is 0. The minimum Gasteiger partial charge on any atom is -0.822 e. The Kier molecular flexibility index (Phi) is 25.7. The number of hydrogen-bond acceptors (Lipinski definition) is 4. The molecule has 0 spiro atoms. The SMILES string of the molecule is O=P([O-])([O-])[O-].[Al].[Fe+3].[Na]. The zero-order valence-corrected chi connectivity index (χ0v) is 9.16. The van der Waals surface area contributed by atoms with Crippen molar-refractivity contribution in [1.82, 2.24) is 0 Å². The maximum Gasteiger partial charge on any atom is 3.00 e. The Labute approximate surface area is 90.2 Å². The van der Waals surface area contributed by atoms with E-state index in [1.807, 2.05) is 0 Å². The van der Waals surface area contributed by atoms with Gasteiger partial charge in [-0.05, 0) is 0 Å². The molecule has 8 heavy (non-hydrogen) atoms. The molecule has 5 radical (unpaired) electrons. The molecule has 0 aliphatic rings. The van der Waals surface area contributed by atoms with Crippen LogP contribution in [-0.2, 0) is 21.6 Å². The zero-order chi connectivity index (χ0) is 4.50. The number of hydrogen-bond donors (Lipinski definition) is 0. The van der Waals surface area contributed by atoms with Crippen molar-refractivity contribution in [2.75, 3.05) is 0 Å². The van der Waals surface area contributed by atoms with E-state index in [4.69, 9.17) is 19.2 Å². The molecule has 8 heteroatoms. The summed E-state index contributed by atoms with van der Waals surface area (Å²) in [6.07, 6.45) is 0. The van der Waals surface area contributed by atoms with E-state index in [9.17, 15) is 0 Å². The predicted octanol–water partition coefficient (Wildman–Crippen LogP) is -3.59. The molecule has 0 aliphatic carbocycles. The number of phosphoric acid groups is 1. The molecule has 0 fully saturated rings. The van der Waals surface area contributed by atoms with Crippen LogP contribution in [-0.4, -0.2) is 46.9 Å². The summed E-state index contributed by atoms with van der Waals surface area (Å²) >= 11 is 0. The number of rotatable bonds is 0. The van der Waals surface area contributed by atoms with Gasteiger partial charge in [0, 0.05) is 46.9 Å². The summed E-state index contributed by atoms with van der Waals surface area (Å²) in [5.41, 5.74) is 0. The van der Waals surface area contributed by atoms with Crippen LogP contribution in [0.15, 0.2) is 0 Å². The second-order valence-electron chi connectivity index (χ2n) is 0.447. The molecule has 0 atom stereocenters. The summed E-state index contributed by atoms with van der Waals surface area (Å²) in [6, 6.07) is 0. The standard InChI is InChI=1S/Al.Fe.Na.H3O4P/c;;;1-5(2,3)4/h;;;(H3,1,2,3,4)/q;+3;;/p-3. The molecule has 0 aromatic rings. The molecule has 0 aliphatic heterocycles. The van der Waals surface area contributed by atoms with Crippen molar-refractivity contribution >= 4 is 54.7 Å². The van der Waals surface area contributed by atoms with Gasteiger partial charge in [-0.15, -0.1) is 0 Å². The second-order valence-corrected chi connectivity index (χ2v) is 1.34. The van der Waals surface area contributed by atoms with Crippen LogP contribution in [0.25, 0.3) is 0 Å². The summed E-state index contributed by atoms with van der Waals surface area (Å²) in [5, 5.41) is 0. The van der Waals surface area contributed by atoms with Crippen LogP contribution in [0.1, 0.15) is 0 Å². The van der Waals surface area contributed by atoms with Crippen molar-refractivity contribution in [3.63, 3.8) is 0 Å². The molecular formula is AlFeNaO4P. The van der Waals surface area contributed by atoms with Gasteiger partial charge in [-0.2, -0.15) is 7.82 Å². The Morgan fingerprint density at radius 2 is 1.12 bits per heavy atom. The van der Waals surface area contributed by atoms with Crippen LogP contribution in [0, 0.1) is 0 Å². The Hall–Kier alpha value is 2.16. The smallest absolute Gasteiger partial charge is 0.822 e. The summed E-state index contributed by atoms with van der Waals surface area (Å²) in [4.78, 5) is 25.6. The van der Waals surface area contributed by atoms with Gasteiger partial charge in [-0.3, -0.25) is 0 Å². The largest absolute Gasteiger partial charge is 3.00 e. The third-order valence-corrected chi connectivity index (χ3v) is 0. The molecule has 0 saturated heterocycles. The Bertz CT molecular complexity index is 62.2. The van der Waals surface area contributed by atoms with Crippen LogP contribution < -0.4 is 14.7 Å². The third-order valence-electron chi connectivity index (χ3n) is 0. The van der Waals surface area contributed by atoms with Crippen LogP contribution in [0.3, 0.4) is 0 Å². The molecule has 0 saturated carbocycles. The van der Waals surface area contributed by atoms with Gasteiger partial charge in [-0.25, -0.2) is 0 Å². The Morgan fingerprint density at radius 1 is 1.12 bits per heavy atom. The van der Waals surface area contributed by atoms with Gasteiger partial charge in [0.15, 0.2) is 0 Å². The van der Waals surface area contributed by atoms with E-state index >= 15 is 0 Å². The first-order chi connectivity index (χ1) is 2.00. The molecule has 0 rings (SSSR count). The molecule has 4 nitrogen and oxygen atoms in total.